The van der Waals surface area contributed by atoms with Crippen LogP contribution in [0.25, 0.3) is 0 Å². The number of carbonyl (C=O) groups excluding carboxylic acids is 1. The molecule has 1 aromatic carbocycles. The van der Waals surface area contributed by atoms with Crippen LogP contribution in [0.5, 0.6) is 5.75 Å². The predicted octanol–water partition coefficient (Wildman–Crippen LogP) is 1.49. The van der Waals surface area contributed by atoms with Gasteiger partial charge in [-0.2, -0.15) is 0 Å². The van der Waals surface area contributed by atoms with Crippen molar-refractivity contribution in [3.8, 4) is 5.75 Å². The fraction of sp³-hybridized carbons (Fsp3) is 0.562. The van der Waals surface area contributed by atoms with Crippen LogP contribution < -0.4 is 15.8 Å². The molecule has 7 heteroatoms. The van der Waals surface area contributed by atoms with Crippen LogP contribution >= 0.6 is 0 Å². The first-order valence-corrected chi connectivity index (χ1v) is 9.63. The van der Waals surface area contributed by atoms with E-state index in [0.717, 1.165) is 19.3 Å². The lowest BCUT2D eigenvalue weighted by Gasteiger charge is -2.08. The number of benzene rings is 1. The van der Waals surface area contributed by atoms with E-state index in [2.05, 4.69) is 5.32 Å². The Morgan fingerprint density at radius 3 is 2.48 bits per heavy atom. The van der Waals surface area contributed by atoms with Crippen molar-refractivity contribution in [3.63, 3.8) is 0 Å². The van der Waals surface area contributed by atoms with Crippen LogP contribution in [0.3, 0.4) is 0 Å². The van der Waals surface area contributed by atoms with Crippen molar-refractivity contribution in [2.45, 2.75) is 43.5 Å². The highest BCUT2D eigenvalue weighted by atomic mass is 32.2. The Balaban J connectivity index is 2.16. The van der Waals surface area contributed by atoms with E-state index < -0.39 is 9.84 Å². The summed E-state index contributed by atoms with van der Waals surface area (Å²) < 4.78 is 28.2. The minimum atomic E-state index is -3.18. The minimum absolute atomic E-state index is 0.0307. The highest BCUT2D eigenvalue weighted by Crippen LogP contribution is 2.16. The predicted molar refractivity (Wildman–Crippen MR) is 90.2 cm³/mol. The van der Waals surface area contributed by atoms with E-state index >= 15 is 0 Å². The van der Waals surface area contributed by atoms with Gasteiger partial charge in [-0.25, -0.2) is 8.42 Å². The van der Waals surface area contributed by atoms with Gasteiger partial charge in [0.25, 0.3) is 0 Å². The van der Waals surface area contributed by atoms with Crippen LogP contribution in [-0.2, 0) is 14.6 Å². The van der Waals surface area contributed by atoms with E-state index in [1.54, 1.807) is 12.1 Å². The first kappa shape index (κ1) is 19.4. The summed E-state index contributed by atoms with van der Waals surface area (Å²) in [5, 5.41) is 2.83. The zero-order chi connectivity index (χ0) is 17.3. The fourth-order valence-corrected chi connectivity index (χ4v) is 2.52. The number of rotatable bonds is 10. The van der Waals surface area contributed by atoms with Crippen molar-refractivity contribution in [1.82, 2.24) is 5.32 Å². The Hall–Kier alpha value is -1.60. The van der Waals surface area contributed by atoms with Crippen LogP contribution in [0.15, 0.2) is 29.2 Å². The number of hydrogen-bond acceptors (Lipinski definition) is 5. The summed E-state index contributed by atoms with van der Waals surface area (Å²) in [6, 6.07) is 6.42. The maximum atomic E-state index is 11.5. The van der Waals surface area contributed by atoms with Gasteiger partial charge in [0.1, 0.15) is 5.75 Å². The quantitative estimate of drug-likeness (QED) is 0.628. The topological polar surface area (TPSA) is 98.5 Å². The molecule has 0 bridgehead atoms. The summed E-state index contributed by atoms with van der Waals surface area (Å²) in [5.41, 5.74) is 5.61. The number of nitrogens with two attached hydrogens (primary N) is 1. The number of hydrogen-bond donors (Lipinski definition) is 2. The molecule has 1 aromatic rings. The van der Waals surface area contributed by atoms with E-state index in [4.69, 9.17) is 10.5 Å². The summed E-state index contributed by atoms with van der Waals surface area (Å²) >= 11 is 0. The van der Waals surface area contributed by atoms with Gasteiger partial charge >= 0.3 is 0 Å². The van der Waals surface area contributed by atoms with E-state index in [0.29, 0.717) is 25.3 Å². The third-order valence-corrected chi connectivity index (χ3v) is 4.37. The monoisotopic (exact) mass is 342 g/mol. The maximum absolute atomic E-state index is 11.5. The average Bonchev–Trinajstić information content (AvgIpc) is 2.46. The second-order valence-corrected chi connectivity index (χ2v) is 7.68. The second kappa shape index (κ2) is 9.52. The third kappa shape index (κ3) is 8.56. The Bertz CT molecular complexity index is 583. The number of sulfone groups is 1. The van der Waals surface area contributed by atoms with Crippen molar-refractivity contribution in [1.29, 1.82) is 0 Å². The normalized spacial score (nSPS) is 12.7. The van der Waals surface area contributed by atoms with Gasteiger partial charge in [0.15, 0.2) is 9.84 Å². The lowest BCUT2D eigenvalue weighted by molar-refractivity contribution is -0.121. The molecule has 6 nitrogen and oxygen atoms in total. The molecule has 23 heavy (non-hydrogen) atoms. The van der Waals surface area contributed by atoms with Gasteiger partial charge in [0.05, 0.1) is 11.5 Å². The molecule has 1 rings (SSSR count). The Morgan fingerprint density at radius 2 is 1.91 bits per heavy atom. The molecule has 0 saturated heterocycles. The molecule has 0 aromatic heterocycles. The number of carbonyl (C=O) groups is 1. The molecule has 0 aliphatic carbocycles. The van der Waals surface area contributed by atoms with Gasteiger partial charge in [-0.15, -0.1) is 0 Å². The third-order valence-electron chi connectivity index (χ3n) is 3.24. The summed E-state index contributed by atoms with van der Waals surface area (Å²) in [6.45, 7) is 3.01. The van der Waals surface area contributed by atoms with Crippen molar-refractivity contribution in [2.75, 3.05) is 19.4 Å². The van der Waals surface area contributed by atoms with Crippen LogP contribution in [0.1, 0.15) is 32.6 Å². The van der Waals surface area contributed by atoms with Gasteiger partial charge in [-0.3, -0.25) is 4.79 Å². The smallest absolute Gasteiger partial charge is 0.219 e. The van der Waals surface area contributed by atoms with E-state index in [1.165, 1.54) is 18.4 Å². The molecule has 1 amide bonds. The zero-order valence-corrected chi connectivity index (χ0v) is 14.6. The highest BCUT2D eigenvalue weighted by molar-refractivity contribution is 7.90. The van der Waals surface area contributed by atoms with Gasteiger partial charge in [-0.05, 0) is 50.5 Å². The number of nitrogens with one attached hydrogen (secondary N) is 1. The molecule has 1 unspecified atom stereocenters. The van der Waals surface area contributed by atoms with E-state index in [9.17, 15) is 13.2 Å². The Kier molecular flexibility index (Phi) is 8.05. The number of amides is 1. The molecular formula is C16H26N2O4S. The Morgan fingerprint density at radius 1 is 1.26 bits per heavy atom. The van der Waals surface area contributed by atoms with E-state index in [1.807, 2.05) is 6.92 Å². The SMILES string of the molecule is CC(N)CCNC(=O)CCCCOc1ccc(S(C)(=O)=O)cc1. The summed E-state index contributed by atoms with van der Waals surface area (Å²) in [5.74, 6) is 0.655. The zero-order valence-electron chi connectivity index (χ0n) is 13.7. The first-order chi connectivity index (χ1) is 10.8. The molecule has 3 N–H and O–H groups in total. The first-order valence-electron chi connectivity index (χ1n) is 7.74. The van der Waals surface area contributed by atoms with Crippen molar-refractivity contribution < 1.29 is 17.9 Å². The van der Waals surface area contributed by atoms with Gasteiger partial charge < -0.3 is 15.8 Å². The van der Waals surface area contributed by atoms with Crippen LogP contribution in [0, 0.1) is 0 Å². The van der Waals surface area contributed by atoms with Crippen molar-refractivity contribution in [3.05, 3.63) is 24.3 Å². The molecule has 130 valence electrons. The summed E-state index contributed by atoms with van der Waals surface area (Å²) in [6.07, 6.45) is 3.91. The molecule has 0 aliphatic heterocycles. The van der Waals surface area contributed by atoms with Gasteiger partial charge in [0.2, 0.25) is 5.91 Å². The van der Waals surface area contributed by atoms with Gasteiger partial charge in [0, 0.05) is 25.3 Å². The largest absolute Gasteiger partial charge is 0.494 e. The standard InChI is InChI=1S/C16H26N2O4S/c1-13(17)10-11-18-16(19)5-3-4-12-22-14-6-8-15(9-7-14)23(2,20)21/h6-9,13H,3-5,10-12,17H2,1-2H3,(H,18,19). The van der Waals surface area contributed by atoms with Crippen LogP contribution in [0.2, 0.25) is 0 Å². The molecule has 0 saturated carbocycles. The molecule has 0 fully saturated rings. The molecule has 1 atom stereocenters. The molecular weight excluding hydrogens is 316 g/mol. The van der Waals surface area contributed by atoms with Crippen LogP contribution in [0.4, 0.5) is 0 Å². The Labute approximate surface area is 138 Å². The fourth-order valence-electron chi connectivity index (χ4n) is 1.89. The molecule has 0 heterocycles. The summed E-state index contributed by atoms with van der Waals surface area (Å²) in [7, 11) is -3.18. The van der Waals surface area contributed by atoms with Crippen molar-refractivity contribution in [2.24, 2.45) is 5.73 Å². The molecule has 0 spiro atoms. The maximum Gasteiger partial charge on any atom is 0.219 e. The molecule has 0 aliphatic rings. The minimum Gasteiger partial charge on any atom is -0.494 e. The lowest BCUT2D eigenvalue weighted by Crippen LogP contribution is -2.28. The number of unbranched alkanes of at least 4 members (excludes halogenated alkanes) is 1. The number of ether oxygens (including phenoxy) is 1. The average molecular weight is 342 g/mol. The van der Waals surface area contributed by atoms with E-state index in [-0.39, 0.29) is 16.8 Å². The van der Waals surface area contributed by atoms with Crippen molar-refractivity contribution >= 4 is 15.7 Å². The van der Waals surface area contributed by atoms with Gasteiger partial charge in [-0.1, -0.05) is 0 Å². The van der Waals surface area contributed by atoms with Crippen LogP contribution in [-0.4, -0.2) is 39.8 Å². The highest BCUT2D eigenvalue weighted by Gasteiger charge is 2.06. The molecule has 0 radical (unpaired) electrons. The lowest BCUT2D eigenvalue weighted by atomic mass is 10.2. The summed E-state index contributed by atoms with van der Waals surface area (Å²) in [4.78, 5) is 11.8. The second-order valence-electron chi connectivity index (χ2n) is 5.67.